The zero-order chi connectivity index (χ0) is 39.3. The van der Waals surface area contributed by atoms with Gasteiger partial charge in [0, 0.05) is 43.9 Å². The van der Waals surface area contributed by atoms with Crippen molar-refractivity contribution in [3.63, 3.8) is 0 Å². The molecule has 0 aliphatic carbocycles. The van der Waals surface area contributed by atoms with Crippen molar-refractivity contribution < 1.29 is 9.13 Å². The van der Waals surface area contributed by atoms with E-state index in [1.165, 1.54) is 128 Å². The second kappa shape index (κ2) is 9.30. The van der Waals surface area contributed by atoms with E-state index in [9.17, 15) is 0 Å². The van der Waals surface area contributed by atoms with Gasteiger partial charge >= 0.3 is 5.66 Å². The summed E-state index contributed by atoms with van der Waals surface area (Å²) in [6.07, 6.45) is 0. The van der Waals surface area contributed by atoms with Crippen molar-refractivity contribution in [1.29, 1.82) is 0 Å². The van der Waals surface area contributed by atoms with Crippen molar-refractivity contribution in [2.24, 2.45) is 0 Å². The zero-order valence-electron chi connectivity index (χ0n) is 33.7. The number of hydrogen-bond donors (Lipinski definition) is 0. The molecule has 3 aromatic heterocycles. The number of hydrogen-bond acceptors (Lipinski definition) is 2. The second-order valence-electron chi connectivity index (χ2n) is 18.9. The first-order valence-corrected chi connectivity index (χ1v) is 21.4. The van der Waals surface area contributed by atoms with Crippen molar-refractivity contribution in [2.75, 3.05) is 9.80 Å². The molecule has 0 saturated carbocycles. The van der Waals surface area contributed by atoms with Gasteiger partial charge in [-0.2, -0.15) is 18.9 Å². The van der Waals surface area contributed by atoms with E-state index >= 15 is 0 Å². The van der Waals surface area contributed by atoms with Crippen LogP contribution in [0.4, 0.5) is 34.4 Å². The molecule has 0 N–H and O–H groups in total. The molecular weight excluding hydrogens is 731 g/mol. The molecule has 0 saturated heterocycles. The van der Waals surface area contributed by atoms with Crippen LogP contribution in [0.25, 0.3) is 60.4 Å². The van der Waals surface area contributed by atoms with Gasteiger partial charge in [0.15, 0.2) is 22.8 Å². The van der Waals surface area contributed by atoms with E-state index in [1.54, 1.807) is 0 Å². The van der Waals surface area contributed by atoms with E-state index in [2.05, 4.69) is 203 Å². The Hall–Kier alpha value is -7.24. The van der Waals surface area contributed by atoms with Gasteiger partial charge in [-0.3, -0.25) is 0 Å². The Labute approximate surface area is 346 Å². The van der Waals surface area contributed by atoms with Gasteiger partial charge in [0.1, 0.15) is 22.5 Å². The molecule has 5 nitrogen and oxygen atoms in total. The van der Waals surface area contributed by atoms with Crippen LogP contribution in [0.2, 0.25) is 0 Å². The fourth-order valence-electron chi connectivity index (χ4n) is 13.3. The minimum Gasteiger partial charge on any atom is -0.308 e. The summed E-state index contributed by atoms with van der Waals surface area (Å²) in [6, 6.07) is 58.3. The van der Waals surface area contributed by atoms with E-state index in [-0.39, 0.29) is 10.8 Å². The van der Waals surface area contributed by atoms with Crippen LogP contribution in [0.5, 0.6) is 0 Å². The second-order valence-corrected chi connectivity index (χ2v) is 18.9. The van der Waals surface area contributed by atoms with Crippen LogP contribution in [0.15, 0.2) is 152 Å². The Morgan fingerprint density at radius 2 is 0.933 bits per heavy atom. The van der Waals surface area contributed by atoms with Crippen molar-refractivity contribution in [3.8, 4) is 17.1 Å². The van der Waals surface area contributed by atoms with Crippen molar-refractivity contribution in [1.82, 2.24) is 4.57 Å². The number of anilines is 6. The third kappa shape index (κ3) is 2.88. The smallest absolute Gasteiger partial charge is 0.308 e. The monoisotopic (exact) mass is 767 g/mol. The van der Waals surface area contributed by atoms with Gasteiger partial charge < -0.3 is 4.57 Å². The van der Waals surface area contributed by atoms with Crippen LogP contribution in [-0.2, 0) is 16.5 Å². The minimum atomic E-state index is -0.754. The number of fused-ring (bicyclic) bond motifs is 15. The number of aromatic nitrogens is 3. The van der Waals surface area contributed by atoms with Gasteiger partial charge in [-0.15, -0.1) is 0 Å². The summed E-state index contributed by atoms with van der Waals surface area (Å²) in [5.74, 6) is 2.46. The Bertz CT molecular complexity index is 3720. The lowest BCUT2D eigenvalue weighted by Gasteiger charge is -2.49. The highest BCUT2D eigenvalue weighted by Crippen LogP contribution is 2.68. The summed E-state index contributed by atoms with van der Waals surface area (Å²) in [4.78, 5) is 5.36. The number of pyridine rings is 2. The molecule has 0 amide bonds. The highest BCUT2D eigenvalue weighted by Gasteiger charge is 2.73. The lowest BCUT2D eigenvalue weighted by Crippen LogP contribution is -2.77. The molecule has 16 rings (SSSR count). The standard InChI is InChI=1S/C55H37N5/c1-53(2)36-20-10-13-23-41(36)57-49-38(53)25-26-43-46(49)55-47-48-35(34-19-9-12-22-40(34)56(43)48)29-39-50(47)58(42-24-14-11-21-37(42)54(39,3)4)52-33-18-8-6-16-31(33)28-45(60(52)55)44-27-30-15-5-7-17-32(30)51(57)59(44)55/h5-29H,1-4H3/q+2. The summed E-state index contributed by atoms with van der Waals surface area (Å²) in [5, 5.41) is 7.62. The van der Waals surface area contributed by atoms with E-state index in [4.69, 9.17) is 0 Å². The number of rotatable bonds is 0. The SMILES string of the molecule is CC1(C)c2ccccc2N2c3c1ccc1c3C34c5c6c(cc7c8ccccc8n-1c57)C(C)(C)c1ccccc1N6c1c5ccccc5cc([n+]13)-c1cc3ccccc3c2[n+]14. The van der Waals surface area contributed by atoms with E-state index < -0.39 is 5.66 Å². The molecule has 1 unspecified atom stereocenters. The molecule has 280 valence electrons. The first kappa shape index (κ1) is 30.8. The summed E-state index contributed by atoms with van der Waals surface area (Å²) in [5.41, 5.74) is 18.3. The van der Waals surface area contributed by atoms with E-state index in [0.717, 1.165) is 0 Å². The molecule has 6 aliphatic rings. The molecule has 0 bridgehead atoms. The predicted octanol–water partition coefficient (Wildman–Crippen LogP) is 12.1. The molecule has 5 heteroatoms. The fraction of sp³-hybridized carbons (Fsp3) is 0.127. The minimum absolute atomic E-state index is 0.256. The largest absolute Gasteiger partial charge is 0.319 e. The first-order valence-electron chi connectivity index (χ1n) is 21.4. The molecule has 1 atom stereocenters. The average molecular weight is 768 g/mol. The third-order valence-corrected chi connectivity index (χ3v) is 15.7. The van der Waals surface area contributed by atoms with Gasteiger partial charge in [-0.05, 0) is 65.4 Å². The number of para-hydroxylation sites is 3. The maximum atomic E-state index is 2.80. The number of nitrogens with zero attached hydrogens (tertiary/aromatic N) is 5. The third-order valence-electron chi connectivity index (χ3n) is 15.7. The summed E-state index contributed by atoms with van der Waals surface area (Å²) in [7, 11) is 0. The predicted molar refractivity (Wildman–Crippen MR) is 240 cm³/mol. The highest BCUT2D eigenvalue weighted by molar-refractivity contribution is 6.16. The fourth-order valence-corrected chi connectivity index (χ4v) is 13.3. The molecule has 6 aliphatic heterocycles. The molecule has 7 aromatic carbocycles. The van der Waals surface area contributed by atoms with Gasteiger partial charge in [-0.25, -0.2) is 0 Å². The Morgan fingerprint density at radius 3 is 1.57 bits per heavy atom. The maximum Gasteiger partial charge on any atom is 0.319 e. The van der Waals surface area contributed by atoms with Crippen molar-refractivity contribution >= 4 is 77.7 Å². The lowest BCUT2D eigenvalue weighted by atomic mass is 9.67. The molecule has 10 aromatic rings. The van der Waals surface area contributed by atoms with Crippen LogP contribution in [0.1, 0.15) is 61.1 Å². The molecule has 0 radical (unpaired) electrons. The van der Waals surface area contributed by atoms with Crippen molar-refractivity contribution in [2.45, 2.75) is 44.2 Å². The van der Waals surface area contributed by atoms with Crippen LogP contribution in [0.3, 0.4) is 0 Å². The van der Waals surface area contributed by atoms with Crippen LogP contribution in [0, 0.1) is 0 Å². The highest BCUT2D eigenvalue weighted by atomic mass is 15.5. The Kier molecular flexibility index (Phi) is 4.77. The van der Waals surface area contributed by atoms with E-state index in [0.29, 0.717) is 0 Å². The van der Waals surface area contributed by atoms with Crippen LogP contribution < -0.4 is 18.9 Å². The van der Waals surface area contributed by atoms with Crippen LogP contribution in [-0.4, -0.2) is 4.57 Å². The Morgan fingerprint density at radius 1 is 0.417 bits per heavy atom. The first-order chi connectivity index (χ1) is 29.3. The van der Waals surface area contributed by atoms with Gasteiger partial charge in [-0.1, -0.05) is 125 Å². The zero-order valence-corrected chi connectivity index (χ0v) is 33.7. The number of benzene rings is 7. The normalized spacial score (nSPS) is 18.9. The summed E-state index contributed by atoms with van der Waals surface area (Å²) in [6.45, 7) is 9.79. The maximum absolute atomic E-state index is 2.80. The molecule has 60 heavy (non-hydrogen) atoms. The van der Waals surface area contributed by atoms with Gasteiger partial charge in [0.05, 0.1) is 27.5 Å². The molecule has 9 heterocycles. The topological polar surface area (TPSA) is 19.2 Å². The Balaban J connectivity index is 1.27. The molecular formula is C55H37N5+2. The average Bonchev–Trinajstić information content (AvgIpc) is 3.76. The quantitative estimate of drug-likeness (QED) is 0.143. The molecule has 0 fully saturated rings. The summed E-state index contributed by atoms with van der Waals surface area (Å²) < 4.78 is 8.26. The van der Waals surface area contributed by atoms with Gasteiger partial charge in [0.25, 0.3) is 11.6 Å². The van der Waals surface area contributed by atoms with E-state index in [1.807, 2.05) is 0 Å². The molecule has 1 spiro atoms. The van der Waals surface area contributed by atoms with Crippen LogP contribution >= 0.6 is 0 Å². The lowest BCUT2D eigenvalue weighted by molar-refractivity contribution is -0.928. The van der Waals surface area contributed by atoms with Crippen molar-refractivity contribution in [3.05, 3.63) is 185 Å². The summed E-state index contributed by atoms with van der Waals surface area (Å²) >= 11 is 0. The van der Waals surface area contributed by atoms with Gasteiger partial charge in [0.2, 0.25) is 0 Å².